The van der Waals surface area contributed by atoms with Crippen LogP contribution in [0, 0.1) is 10.2 Å². The standard InChI is InChI=1S/C13H19NO5Se/c1-10(2)13(16)19-11(3)17-6-4-5-7-18-12(15)8-20-9-14/h11H,1,4-8H2,2-3H3. The van der Waals surface area contributed by atoms with Crippen LogP contribution in [0.25, 0.3) is 0 Å². The second-order valence-electron chi connectivity index (χ2n) is 3.93. The molecule has 0 heterocycles. The number of hydrogen-bond donors (Lipinski definition) is 0. The summed E-state index contributed by atoms with van der Waals surface area (Å²) >= 11 is -0.331. The van der Waals surface area contributed by atoms with Crippen LogP contribution in [0.15, 0.2) is 12.2 Å². The fourth-order valence-electron chi connectivity index (χ4n) is 1.06. The van der Waals surface area contributed by atoms with Gasteiger partial charge in [0, 0.05) is 0 Å². The van der Waals surface area contributed by atoms with Crippen molar-refractivity contribution in [3.63, 3.8) is 0 Å². The van der Waals surface area contributed by atoms with Crippen molar-refractivity contribution in [3.8, 4) is 4.97 Å². The van der Waals surface area contributed by atoms with Crippen molar-refractivity contribution in [2.45, 2.75) is 38.3 Å². The molecule has 0 bridgehead atoms. The number of carbonyl (C=O) groups is 2. The molecule has 0 aliphatic heterocycles. The SMILES string of the molecule is C=C(C)C(=O)OC(C)OCCCCOC(=O)C[Se]C#N. The molecule has 0 aliphatic rings. The normalized spacial score (nSPS) is 11.2. The Bertz CT molecular complexity index is 377. The van der Waals surface area contributed by atoms with E-state index in [9.17, 15) is 9.59 Å². The third kappa shape index (κ3) is 10.6. The van der Waals surface area contributed by atoms with Gasteiger partial charge in [-0.05, 0) is 6.92 Å². The molecule has 0 amide bonds. The van der Waals surface area contributed by atoms with Crippen LogP contribution in [0.5, 0.6) is 0 Å². The summed E-state index contributed by atoms with van der Waals surface area (Å²) in [6.07, 6.45) is 0.720. The van der Waals surface area contributed by atoms with E-state index in [1.807, 2.05) is 4.97 Å². The van der Waals surface area contributed by atoms with Crippen LogP contribution in [0.1, 0.15) is 26.7 Å². The van der Waals surface area contributed by atoms with Gasteiger partial charge in [0.1, 0.15) is 0 Å². The Labute approximate surface area is 125 Å². The van der Waals surface area contributed by atoms with Gasteiger partial charge in [-0.3, -0.25) is 0 Å². The maximum atomic E-state index is 11.2. The zero-order valence-corrected chi connectivity index (χ0v) is 13.4. The van der Waals surface area contributed by atoms with Gasteiger partial charge in [-0.15, -0.1) is 0 Å². The third-order valence-electron chi connectivity index (χ3n) is 2.03. The molecule has 0 spiro atoms. The van der Waals surface area contributed by atoms with E-state index in [4.69, 9.17) is 19.5 Å². The Kier molecular flexibility index (Phi) is 10.7. The molecule has 0 aromatic heterocycles. The number of esters is 2. The van der Waals surface area contributed by atoms with Crippen LogP contribution >= 0.6 is 0 Å². The zero-order valence-electron chi connectivity index (χ0n) is 11.7. The molecule has 0 saturated heterocycles. The molecule has 0 aliphatic carbocycles. The Balaban J connectivity index is 3.48. The van der Waals surface area contributed by atoms with Crippen LogP contribution < -0.4 is 0 Å². The van der Waals surface area contributed by atoms with Gasteiger partial charge in [0.2, 0.25) is 0 Å². The number of nitriles is 1. The van der Waals surface area contributed by atoms with E-state index in [0.717, 1.165) is 0 Å². The average Bonchev–Trinajstić information content (AvgIpc) is 2.40. The Hall–Kier alpha value is -1.35. The van der Waals surface area contributed by atoms with Crippen molar-refractivity contribution in [3.05, 3.63) is 12.2 Å². The summed E-state index contributed by atoms with van der Waals surface area (Å²) in [5, 5.41) is 8.51. The van der Waals surface area contributed by atoms with Gasteiger partial charge in [-0.1, -0.05) is 6.58 Å². The van der Waals surface area contributed by atoms with Crippen molar-refractivity contribution in [2.75, 3.05) is 13.2 Å². The molecule has 6 nitrogen and oxygen atoms in total. The van der Waals surface area contributed by atoms with Crippen molar-refractivity contribution in [1.82, 2.24) is 0 Å². The Morgan fingerprint density at radius 1 is 1.35 bits per heavy atom. The summed E-state index contributed by atoms with van der Waals surface area (Å²) in [4.78, 5) is 24.2. The topological polar surface area (TPSA) is 85.6 Å². The average molecular weight is 348 g/mol. The van der Waals surface area contributed by atoms with E-state index < -0.39 is 12.3 Å². The van der Waals surface area contributed by atoms with Crippen LogP contribution in [0.3, 0.4) is 0 Å². The zero-order chi connectivity index (χ0) is 15.4. The molecule has 20 heavy (non-hydrogen) atoms. The van der Waals surface area contributed by atoms with Crippen LogP contribution in [0.4, 0.5) is 0 Å². The molecule has 0 aromatic carbocycles. The van der Waals surface area contributed by atoms with Gasteiger partial charge in [0.25, 0.3) is 0 Å². The van der Waals surface area contributed by atoms with Crippen molar-refractivity contribution in [1.29, 1.82) is 5.26 Å². The summed E-state index contributed by atoms with van der Waals surface area (Å²) in [6.45, 7) is 7.38. The van der Waals surface area contributed by atoms with E-state index in [0.29, 0.717) is 31.6 Å². The minimum atomic E-state index is -0.625. The first-order valence-corrected chi connectivity index (χ1v) is 8.18. The molecule has 0 saturated carbocycles. The van der Waals surface area contributed by atoms with Gasteiger partial charge in [-0.25, -0.2) is 0 Å². The first kappa shape index (κ1) is 18.6. The van der Waals surface area contributed by atoms with Gasteiger partial charge < -0.3 is 0 Å². The van der Waals surface area contributed by atoms with Gasteiger partial charge in [0.05, 0.1) is 0 Å². The molecule has 0 N–H and O–H groups in total. The van der Waals surface area contributed by atoms with E-state index in [-0.39, 0.29) is 26.2 Å². The summed E-state index contributed by atoms with van der Waals surface area (Å²) < 4.78 is 15.1. The number of hydrogen-bond acceptors (Lipinski definition) is 6. The summed E-state index contributed by atoms with van der Waals surface area (Å²) in [6, 6.07) is 0. The second-order valence-corrected chi connectivity index (χ2v) is 5.53. The van der Waals surface area contributed by atoms with Gasteiger partial charge in [0.15, 0.2) is 0 Å². The van der Waals surface area contributed by atoms with Gasteiger partial charge in [-0.2, -0.15) is 0 Å². The van der Waals surface area contributed by atoms with Crippen LogP contribution in [-0.2, 0) is 23.8 Å². The van der Waals surface area contributed by atoms with Crippen molar-refractivity contribution < 1.29 is 23.8 Å². The van der Waals surface area contributed by atoms with E-state index >= 15 is 0 Å². The minimum absolute atomic E-state index is 0.188. The molecular weight excluding hydrogens is 329 g/mol. The Morgan fingerprint density at radius 2 is 2.00 bits per heavy atom. The maximum absolute atomic E-state index is 11.2. The van der Waals surface area contributed by atoms with E-state index in [2.05, 4.69) is 6.58 Å². The fraction of sp³-hybridized carbons (Fsp3) is 0.615. The number of ether oxygens (including phenoxy) is 3. The van der Waals surface area contributed by atoms with Crippen molar-refractivity contribution >= 4 is 26.9 Å². The molecule has 0 aromatic rings. The monoisotopic (exact) mass is 349 g/mol. The second kappa shape index (κ2) is 11.5. The number of unbranched alkanes of at least 4 members (excludes halogenated alkanes) is 1. The molecule has 1 unspecified atom stereocenters. The van der Waals surface area contributed by atoms with Crippen molar-refractivity contribution in [2.24, 2.45) is 0 Å². The fourth-order valence-corrected chi connectivity index (χ4v) is 1.62. The van der Waals surface area contributed by atoms with E-state index in [1.165, 1.54) is 0 Å². The van der Waals surface area contributed by atoms with Crippen LogP contribution in [-0.4, -0.2) is 46.4 Å². The number of rotatable bonds is 10. The number of carbonyl (C=O) groups excluding carboxylic acids is 2. The van der Waals surface area contributed by atoms with Crippen LogP contribution in [0.2, 0.25) is 5.32 Å². The predicted octanol–water partition coefficient (Wildman–Crippen LogP) is 1.40. The summed E-state index contributed by atoms with van der Waals surface area (Å²) in [5.41, 5.74) is 0.325. The number of nitrogens with zero attached hydrogens (tertiary/aromatic N) is 1. The molecule has 112 valence electrons. The van der Waals surface area contributed by atoms with E-state index in [1.54, 1.807) is 13.8 Å². The predicted molar refractivity (Wildman–Crippen MR) is 72.7 cm³/mol. The van der Waals surface area contributed by atoms with Gasteiger partial charge >= 0.3 is 111 Å². The molecule has 0 rings (SSSR count). The molecule has 0 fully saturated rings. The quantitative estimate of drug-likeness (QED) is 0.195. The molecule has 7 heteroatoms. The summed E-state index contributed by atoms with van der Waals surface area (Å²) in [5.74, 6) is -0.818. The molecule has 0 radical (unpaired) electrons. The molecule has 1 atom stereocenters. The third-order valence-corrected chi connectivity index (χ3v) is 3.10. The first-order valence-electron chi connectivity index (χ1n) is 6.12. The molecular formula is C13H19NO5Se. The summed E-state index contributed by atoms with van der Waals surface area (Å²) in [7, 11) is 0. The Morgan fingerprint density at radius 3 is 2.60 bits per heavy atom. The first-order chi connectivity index (χ1) is 9.47.